The van der Waals surface area contributed by atoms with Crippen molar-refractivity contribution in [3.05, 3.63) is 69.0 Å². The molecule has 94 valence electrons. The Bertz CT molecular complexity index is 775. The number of furan rings is 1. The van der Waals surface area contributed by atoms with E-state index < -0.39 is 0 Å². The fraction of sp³-hybridized carbons (Fsp3) is 0. The van der Waals surface area contributed by atoms with Crippen LogP contribution in [0, 0.1) is 0 Å². The van der Waals surface area contributed by atoms with Crippen molar-refractivity contribution in [2.24, 2.45) is 0 Å². The van der Waals surface area contributed by atoms with E-state index in [9.17, 15) is 4.79 Å². The van der Waals surface area contributed by atoms with Gasteiger partial charge in [-0.25, -0.2) is 0 Å². The molecule has 19 heavy (non-hydrogen) atoms. The van der Waals surface area contributed by atoms with Gasteiger partial charge in [-0.1, -0.05) is 40.2 Å². The normalized spacial score (nSPS) is 10.8. The molecular weight excluding hydrogens is 372 g/mol. The van der Waals surface area contributed by atoms with E-state index in [2.05, 4.69) is 31.9 Å². The highest BCUT2D eigenvalue weighted by Crippen LogP contribution is 2.30. The maximum atomic E-state index is 12.5. The number of benzene rings is 2. The van der Waals surface area contributed by atoms with Gasteiger partial charge in [0, 0.05) is 10.0 Å². The minimum atomic E-state index is -0.0516. The van der Waals surface area contributed by atoms with Crippen LogP contribution < -0.4 is 0 Å². The zero-order chi connectivity index (χ0) is 13.4. The molecule has 0 aliphatic rings. The molecule has 0 fully saturated rings. The summed E-state index contributed by atoms with van der Waals surface area (Å²) in [5.74, 6) is -0.0516. The topological polar surface area (TPSA) is 30.2 Å². The Hall–Kier alpha value is -1.39. The van der Waals surface area contributed by atoms with Gasteiger partial charge in [0.1, 0.15) is 0 Å². The van der Waals surface area contributed by atoms with Crippen LogP contribution >= 0.6 is 31.9 Å². The van der Waals surface area contributed by atoms with Crippen molar-refractivity contribution in [1.82, 2.24) is 0 Å². The third kappa shape index (κ3) is 2.15. The van der Waals surface area contributed by atoms with Crippen LogP contribution in [0.1, 0.15) is 15.9 Å². The van der Waals surface area contributed by atoms with Gasteiger partial charge in [-0.05, 0) is 44.9 Å². The van der Waals surface area contributed by atoms with Crippen LogP contribution in [0.25, 0.3) is 10.8 Å². The predicted octanol–water partition coefficient (Wildman–Crippen LogP) is 5.19. The molecular formula is C15H8Br2O2. The molecule has 2 nitrogen and oxygen atoms in total. The Morgan fingerprint density at radius 1 is 0.895 bits per heavy atom. The molecule has 0 radical (unpaired) electrons. The van der Waals surface area contributed by atoms with Crippen molar-refractivity contribution in [3.63, 3.8) is 0 Å². The summed E-state index contributed by atoms with van der Waals surface area (Å²) in [5, 5.41) is 1.95. The average Bonchev–Trinajstić information content (AvgIpc) is 2.85. The minimum absolute atomic E-state index is 0.0516. The standard InChI is InChI=1S/C15H8Br2O2/c16-13-6-5-11(9-3-1-2-4-10(9)13)14(18)12-7-8-19-15(12)17/h1-8H. The van der Waals surface area contributed by atoms with Gasteiger partial charge in [-0.15, -0.1) is 0 Å². The Morgan fingerprint density at radius 3 is 2.32 bits per heavy atom. The number of hydrogen-bond donors (Lipinski definition) is 0. The first-order valence-electron chi connectivity index (χ1n) is 5.63. The molecule has 2 aromatic carbocycles. The minimum Gasteiger partial charge on any atom is -0.457 e. The fourth-order valence-electron chi connectivity index (χ4n) is 2.06. The second kappa shape index (κ2) is 4.94. The quantitative estimate of drug-likeness (QED) is 0.573. The predicted molar refractivity (Wildman–Crippen MR) is 81.5 cm³/mol. The Kier molecular flexibility index (Phi) is 3.29. The third-order valence-corrected chi connectivity index (χ3v) is 4.28. The van der Waals surface area contributed by atoms with Crippen molar-refractivity contribution in [3.8, 4) is 0 Å². The number of hydrogen-bond acceptors (Lipinski definition) is 2. The molecule has 0 aliphatic carbocycles. The van der Waals surface area contributed by atoms with Crippen LogP contribution in [-0.2, 0) is 0 Å². The van der Waals surface area contributed by atoms with Gasteiger partial charge < -0.3 is 4.42 Å². The lowest BCUT2D eigenvalue weighted by Crippen LogP contribution is -2.01. The smallest absolute Gasteiger partial charge is 0.198 e. The van der Waals surface area contributed by atoms with E-state index in [4.69, 9.17) is 4.42 Å². The fourth-order valence-corrected chi connectivity index (χ4v) is 2.96. The Balaban J connectivity index is 2.24. The molecule has 0 bridgehead atoms. The third-order valence-electron chi connectivity index (χ3n) is 2.98. The number of carbonyl (C=O) groups is 1. The summed E-state index contributed by atoms with van der Waals surface area (Å²) in [4.78, 5) is 12.5. The average molecular weight is 380 g/mol. The number of fused-ring (bicyclic) bond motifs is 1. The van der Waals surface area contributed by atoms with Crippen molar-refractivity contribution < 1.29 is 9.21 Å². The molecule has 3 aromatic rings. The second-order valence-corrected chi connectivity index (χ2v) is 5.65. The van der Waals surface area contributed by atoms with Crippen molar-refractivity contribution in [2.75, 3.05) is 0 Å². The van der Waals surface area contributed by atoms with E-state index in [1.807, 2.05) is 36.4 Å². The number of halogens is 2. The molecule has 0 atom stereocenters. The maximum Gasteiger partial charge on any atom is 0.198 e. The van der Waals surface area contributed by atoms with Gasteiger partial charge in [0.25, 0.3) is 0 Å². The Morgan fingerprint density at radius 2 is 1.63 bits per heavy atom. The van der Waals surface area contributed by atoms with E-state index in [1.54, 1.807) is 6.07 Å². The molecule has 1 aromatic heterocycles. The second-order valence-electron chi connectivity index (χ2n) is 4.08. The number of rotatable bonds is 2. The van der Waals surface area contributed by atoms with Gasteiger partial charge in [-0.3, -0.25) is 4.79 Å². The highest BCUT2D eigenvalue weighted by molar-refractivity contribution is 9.10. The lowest BCUT2D eigenvalue weighted by molar-refractivity contribution is 0.103. The van der Waals surface area contributed by atoms with Crippen molar-refractivity contribution in [2.45, 2.75) is 0 Å². The number of ketones is 1. The summed E-state index contributed by atoms with van der Waals surface area (Å²) in [5.41, 5.74) is 1.20. The van der Waals surface area contributed by atoms with Gasteiger partial charge >= 0.3 is 0 Å². The first-order valence-corrected chi connectivity index (χ1v) is 7.22. The van der Waals surface area contributed by atoms with Crippen molar-refractivity contribution in [1.29, 1.82) is 0 Å². The SMILES string of the molecule is O=C(c1ccoc1Br)c1ccc(Br)c2ccccc12. The lowest BCUT2D eigenvalue weighted by Gasteiger charge is -2.06. The van der Waals surface area contributed by atoms with Crippen LogP contribution in [0.3, 0.4) is 0 Å². The highest BCUT2D eigenvalue weighted by atomic mass is 79.9. The highest BCUT2D eigenvalue weighted by Gasteiger charge is 2.17. The summed E-state index contributed by atoms with van der Waals surface area (Å²) < 4.78 is 6.57. The summed E-state index contributed by atoms with van der Waals surface area (Å²) in [6, 6.07) is 13.2. The molecule has 3 rings (SSSR count). The molecule has 0 saturated carbocycles. The van der Waals surface area contributed by atoms with E-state index in [0.717, 1.165) is 15.2 Å². The molecule has 0 aliphatic heterocycles. The van der Waals surface area contributed by atoms with E-state index >= 15 is 0 Å². The van der Waals surface area contributed by atoms with Crippen LogP contribution in [0.2, 0.25) is 0 Å². The zero-order valence-corrected chi connectivity index (χ0v) is 12.9. The molecule has 0 saturated heterocycles. The van der Waals surface area contributed by atoms with E-state index in [-0.39, 0.29) is 5.78 Å². The first kappa shape index (κ1) is 12.6. The molecule has 1 heterocycles. The van der Waals surface area contributed by atoms with Crippen LogP contribution in [0.15, 0.2) is 62.3 Å². The molecule has 0 amide bonds. The summed E-state index contributed by atoms with van der Waals surface area (Å²) in [6.45, 7) is 0. The Labute approximate surface area is 126 Å². The summed E-state index contributed by atoms with van der Waals surface area (Å²) in [6.07, 6.45) is 1.50. The molecule has 4 heteroatoms. The van der Waals surface area contributed by atoms with E-state index in [1.165, 1.54) is 6.26 Å². The van der Waals surface area contributed by atoms with Crippen LogP contribution in [0.4, 0.5) is 0 Å². The number of carbonyl (C=O) groups excluding carboxylic acids is 1. The van der Waals surface area contributed by atoms with E-state index in [0.29, 0.717) is 15.8 Å². The molecule has 0 unspecified atom stereocenters. The van der Waals surface area contributed by atoms with Gasteiger partial charge in [0.05, 0.1) is 11.8 Å². The molecule has 0 N–H and O–H groups in total. The van der Waals surface area contributed by atoms with Crippen LogP contribution in [0.5, 0.6) is 0 Å². The van der Waals surface area contributed by atoms with Crippen molar-refractivity contribution >= 4 is 48.4 Å². The van der Waals surface area contributed by atoms with Gasteiger partial charge in [0.2, 0.25) is 0 Å². The lowest BCUT2D eigenvalue weighted by atomic mass is 9.99. The van der Waals surface area contributed by atoms with Gasteiger partial charge in [0.15, 0.2) is 10.5 Å². The van der Waals surface area contributed by atoms with Gasteiger partial charge in [-0.2, -0.15) is 0 Å². The molecule has 0 spiro atoms. The van der Waals surface area contributed by atoms with Crippen LogP contribution in [-0.4, -0.2) is 5.78 Å². The largest absolute Gasteiger partial charge is 0.457 e. The maximum absolute atomic E-state index is 12.5. The zero-order valence-electron chi connectivity index (χ0n) is 9.69. The first-order chi connectivity index (χ1) is 9.18. The summed E-state index contributed by atoms with van der Waals surface area (Å²) >= 11 is 6.75. The monoisotopic (exact) mass is 378 g/mol. The summed E-state index contributed by atoms with van der Waals surface area (Å²) in [7, 11) is 0.